The molecule has 1 rings (SSSR count). The zero-order chi connectivity index (χ0) is 12.1. The number of carbonyl (C=O) groups is 1. The van der Waals surface area contributed by atoms with E-state index in [1.54, 1.807) is 13.8 Å². The van der Waals surface area contributed by atoms with Crippen molar-refractivity contribution in [2.75, 3.05) is 6.61 Å². The number of aromatic nitrogens is 2. The molecule has 0 spiro atoms. The molecule has 0 aromatic carbocycles. The quantitative estimate of drug-likeness (QED) is 0.766. The lowest BCUT2D eigenvalue weighted by Crippen LogP contribution is -2.34. The van der Waals surface area contributed by atoms with E-state index in [-0.39, 0.29) is 18.7 Å². The number of aryl methyl sites for hydroxylation is 1. The van der Waals surface area contributed by atoms with Crippen LogP contribution in [0.3, 0.4) is 0 Å². The van der Waals surface area contributed by atoms with Crippen molar-refractivity contribution in [1.82, 2.24) is 9.78 Å². The summed E-state index contributed by atoms with van der Waals surface area (Å²) in [4.78, 5) is 22.3. The van der Waals surface area contributed by atoms with Gasteiger partial charge in [-0.15, -0.1) is 0 Å². The zero-order valence-corrected chi connectivity index (χ0v) is 9.21. The summed E-state index contributed by atoms with van der Waals surface area (Å²) in [6, 6.07) is 1.40. The maximum Gasteiger partial charge on any atom is 0.334 e. The molecule has 0 aliphatic carbocycles. The van der Waals surface area contributed by atoms with Crippen molar-refractivity contribution in [1.29, 1.82) is 0 Å². The van der Waals surface area contributed by atoms with Crippen LogP contribution in [0.5, 0.6) is 0 Å². The van der Waals surface area contributed by atoms with Crippen molar-refractivity contribution in [3.63, 3.8) is 0 Å². The van der Waals surface area contributed by atoms with Gasteiger partial charge in [-0.1, -0.05) is 0 Å². The molecular formula is C10H14N2O4. The fourth-order valence-electron chi connectivity index (χ4n) is 1.22. The molecule has 88 valence electrons. The first-order valence-corrected chi connectivity index (χ1v) is 4.92. The van der Waals surface area contributed by atoms with Crippen molar-refractivity contribution >= 4 is 5.97 Å². The van der Waals surface area contributed by atoms with Crippen molar-refractivity contribution in [2.24, 2.45) is 0 Å². The molecule has 6 heteroatoms. The molecule has 0 amide bonds. The first-order chi connectivity index (χ1) is 7.54. The number of rotatable bonds is 5. The summed E-state index contributed by atoms with van der Waals surface area (Å²) in [6.07, 6.45) is 0.463. The summed E-state index contributed by atoms with van der Waals surface area (Å²) in [5.74, 6) is -1.10. The fourth-order valence-corrected chi connectivity index (χ4v) is 1.22. The number of hydrogen-bond acceptors (Lipinski definition) is 4. The van der Waals surface area contributed by atoms with Gasteiger partial charge in [-0.3, -0.25) is 4.79 Å². The van der Waals surface area contributed by atoms with Crippen LogP contribution in [0.15, 0.2) is 17.1 Å². The summed E-state index contributed by atoms with van der Waals surface area (Å²) in [5, 5.41) is 12.7. The molecule has 1 aromatic rings. The maximum atomic E-state index is 11.5. The number of aliphatic carboxylic acids is 1. The van der Waals surface area contributed by atoms with E-state index in [4.69, 9.17) is 9.84 Å². The SMILES string of the molecule is CCOC(Cn1ncc(C)cc1=O)C(=O)O. The molecule has 0 aliphatic rings. The Kier molecular flexibility index (Phi) is 4.19. The minimum atomic E-state index is -1.10. The van der Waals surface area contributed by atoms with E-state index in [0.717, 1.165) is 10.2 Å². The van der Waals surface area contributed by atoms with Crippen molar-refractivity contribution in [3.05, 3.63) is 28.2 Å². The molecule has 0 aliphatic heterocycles. The molecule has 0 saturated heterocycles. The molecule has 1 heterocycles. The van der Waals surface area contributed by atoms with Gasteiger partial charge in [-0.05, 0) is 19.4 Å². The van der Waals surface area contributed by atoms with Crippen LogP contribution >= 0.6 is 0 Å². The third-order valence-electron chi connectivity index (χ3n) is 1.99. The third kappa shape index (κ3) is 3.16. The van der Waals surface area contributed by atoms with E-state index >= 15 is 0 Å². The molecular weight excluding hydrogens is 212 g/mol. The van der Waals surface area contributed by atoms with Gasteiger partial charge in [0.15, 0.2) is 6.10 Å². The number of ether oxygens (including phenoxy) is 1. The van der Waals surface area contributed by atoms with Gasteiger partial charge in [0.05, 0.1) is 12.7 Å². The first-order valence-electron chi connectivity index (χ1n) is 4.92. The molecule has 0 bridgehead atoms. The molecule has 0 radical (unpaired) electrons. The maximum absolute atomic E-state index is 11.5. The Morgan fingerprint density at radius 1 is 1.69 bits per heavy atom. The van der Waals surface area contributed by atoms with Gasteiger partial charge in [-0.25, -0.2) is 9.48 Å². The molecule has 0 fully saturated rings. The number of carboxylic acid groups (broad SMARTS) is 1. The Bertz CT molecular complexity index is 427. The molecule has 1 unspecified atom stereocenters. The first kappa shape index (κ1) is 12.4. The Hall–Kier alpha value is -1.69. The highest BCUT2D eigenvalue weighted by molar-refractivity contribution is 5.72. The van der Waals surface area contributed by atoms with Crippen LogP contribution in [0.4, 0.5) is 0 Å². The summed E-state index contributed by atoms with van der Waals surface area (Å²) in [5.41, 5.74) is 0.412. The van der Waals surface area contributed by atoms with Gasteiger partial charge in [-0.2, -0.15) is 5.10 Å². The fraction of sp³-hybridized carbons (Fsp3) is 0.500. The highest BCUT2D eigenvalue weighted by atomic mass is 16.5. The molecule has 1 atom stereocenters. The van der Waals surface area contributed by atoms with Crippen molar-refractivity contribution in [2.45, 2.75) is 26.5 Å². The van der Waals surface area contributed by atoms with E-state index in [1.165, 1.54) is 12.3 Å². The van der Waals surface area contributed by atoms with Crippen LogP contribution in [-0.2, 0) is 16.1 Å². The number of carboxylic acids is 1. The third-order valence-corrected chi connectivity index (χ3v) is 1.99. The summed E-state index contributed by atoms with van der Waals surface area (Å²) in [7, 11) is 0. The number of hydrogen-bond donors (Lipinski definition) is 1. The lowest BCUT2D eigenvalue weighted by Gasteiger charge is -2.12. The van der Waals surface area contributed by atoms with Gasteiger partial charge in [0.2, 0.25) is 0 Å². The van der Waals surface area contributed by atoms with Gasteiger partial charge >= 0.3 is 5.97 Å². The lowest BCUT2D eigenvalue weighted by molar-refractivity contribution is -0.151. The summed E-state index contributed by atoms with van der Waals surface area (Å²) < 4.78 is 6.08. The highest BCUT2D eigenvalue weighted by Gasteiger charge is 2.18. The van der Waals surface area contributed by atoms with Gasteiger partial charge in [0.1, 0.15) is 0 Å². The summed E-state index contributed by atoms with van der Waals surface area (Å²) in [6.45, 7) is 3.64. The van der Waals surface area contributed by atoms with E-state index in [1.807, 2.05) is 0 Å². The van der Waals surface area contributed by atoms with Gasteiger partial charge in [0, 0.05) is 12.7 Å². The Morgan fingerprint density at radius 2 is 2.38 bits per heavy atom. The summed E-state index contributed by atoms with van der Waals surface area (Å²) >= 11 is 0. The average Bonchev–Trinajstić information content (AvgIpc) is 2.20. The molecule has 16 heavy (non-hydrogen) atoms. The molecule has 1 N–H and O–H groups in total. The Labute approximate surface area is 92.5 Å². The second kappa shape index (κ2) is 5.41. The molecule has 0 saturated carbocycles. The van der Waals surface area contributed by atoms with E-state index in [0.29, 0.717) is 0 Å². The monoisotopic (exact) mass is 226 g/mol. The smallest absolute Gasteiger partial charge is 0.334 e. The molecule has 1 aromatic heterocycles. The number of nitrogens with zero attached hydrogens (tertiary/aromatic N) is 2. The Morgan fingerprint density at radius 3 is 2.88 bits per heavy atom. The minimum Gasteiger partial charge on any atom is -0.479 e. The second-order valence-corrected chi connectivity index (χ2v) is 3.34. The van der Waals surface area contributed by atoms with E-state index < -0.39 is 12.1 Å². The predicted molar refractivity (Wildman–Crippen MR) is 56.3 cm³/mol. The van der Waals surface area contributed by atoms with E-state index in [9.17, 15) is 9.59 Å². The standard InChI is InChI=1S/C10H14N2O4/c1-3-16-8(10(14)15)6-12-9(13)4-7(2)5-11-12/h4-5,8H,3,6H2,1-2H3,(H,14,15). The predicted octanol–water partition coefficient (Wildman–Crippen LogP) is 0.0414. The van der Waals surface area contributed by atoms with Crippen LogP contribution in [-0.4, -0.2) is 33.6 Å². The van der Waals surface area contributed by atoms with Crippen molar-refractivity contribution in [3.8, 4) is 0 Å². The minimum absolute atomic E-state index is 0.0811. The van der Waals surface area contributed by atoms with Crippen LogP contribution < -0.4 is 5.56 Å². The Balaban J connectivity index is 2.85. The topological polar surface area (TPSA) is 81.4 Å². The van der Waals surface area contributed by atoms with Crippen molar-refractivity contribution < 1.29 is 14.6 Å². The normalized spacial score (nSPS) is 12.4. The molecule has 6 nitrogen and oxygen atoms in total. The highest BCUT2D eigenvalue weighted by Crippen LogP contribution is 1.96. The average molecular weight is 226 g/mol. The van der Waals surface area contributed by atoms with Gasteiger partial charge in [0.25, 0.3) is 5.56 Å². The van der Waals surface area contributed by atoms with Crippen LogP contribution in [0.25, 0.3) is 0 Å². The lowest BCUT2D eigenvalue weighted by atomic mass is 10.3. The largest absolute Gasteiger partial charge is 0.479 e. The van der Waals surface area contributed by atoms with Crippen LogP contribution in [0, 0.1) is 6.92 Å². The zero-order valence-electron chi connectivity index (χ0n) is 9.21. The van der Waals surface area contributed by atoms with Crippen LogP contribution in [0.1, 0.15) is 12.5 Å². The van der Waals surface area contributed by atoms with E-state index in [2.05, 4.69) is 5.10 Å². The van der Waals surface area contributed by atoms with Gasteiger partial charge < -0.3 is 9.84 Å². The second-order valence-electron chi connectivity index (χ2n) is 3.34. The van der Waals surface area contributed by atoms with Crippen LogP contribution in [0.2, 0.25) is 0 Å².